The number of aromatic nitrogens is 1. The molecule has 3 aromatic carbocycles. The monoisotopic (exact) mass is 387 g/mol. The predicted molar refractivity (Wildman–Crippen MR) is 111 cm³/mol. The molecule has 1 heterocycles. The van der Waals surface area contributed by atoms with Crippen molar-refractivity contribution in [2.24, 2.45) is 0 Å². The van der Waals surface area contributed by atoms with E-state index in [0.717, 1.165) is 0 Å². The van der Waals surface area contributed by atoms with Crippen LogP contribution in [0.5, 0.6) is 0 Å². The van der Waals surface area contributed by atoms with Crippen molar-refractivity contribution in [3.63, 3.8) is 0 Å². The highest BCUT2D eigenvalue weighted by molar-refractivity contribution is 7.90. The number of hydrogen-bond acceptors (Lipinski definition) is 3. The summed E-state index contributed by atoms with van der Waals surface area (Å²) in [4.78, 5) is 13.4. The second kappa shape index (κ2) is 6.94. The Hall–Kier alpha value is -3.44. The average Bonchev–Trinajstić information content (AvgIpc) is 3.09. The minimum absolute atomic E-state index is 0.151. The van der Waals surface area contributed by atoms with Crippen molar-refractivity contribution in [3.8, 4) is 0 Å². The summed E-state index contributed by atoms with van der Waals surface area (Å²) in [5.41, 5.74) is 1.53. The van der Waals surface area contributed by atoms with E-state index >= 15 is 0 Å². The van der Waals surface area contributed by atoms with Crippen molar-refractivity contribution in [2.75, 3.05) is 0 Å². The topological polar surface area (TPSA) is 56.1 Å². The van der Waals surface area contributed by atoms with E-state index in [1.807, 2.05) is 6.07 Å². The smallest absolute Gasteiger partial charge is 0.268 e. The molecule has 4 aromatic rings. The maximum absolute atomic E-state index is 13.4. The molecule has 0 unspecified atom stereocenters. The van der Waals surface area contributed by atoms with Crippen LogP contribution in [0.3, 0.4) is 0 Å². The Morgan fingerprint density at radius 1 is 0.821 bits per heavy atom. The lowest BCUT2D eigenvalue weighted by molar-refractivity contribution is 0.104. The zero-order valence-electron chi connectivity index (χ0n) is 14.9. The van der Waals surface area contributed by atoms with Crippen LogP contribution in [-0.4, -0.2) is 18.2 Å². The molecule has 1 aromatic heterocycles. The minimum atomic E-state index is -3.91. The van der Waals surface area contributed by atoms with Gasteiger partial charge in [0.1, 0.15) is 0 Å². The second-order valence-corrected chi connectivity index (χ2v) is 8.05. The van der Waals surface area contributed by atoms with E-state index in [4.69, 9.17) is 0 Å². The molecule has 0 aliphatic heterocycles. The Morgan fingerprint density at radius 3 is 2.04 bits per heavy atom. The first-order valence-corrected chi connectivity index (χ1v) is 10.2. The summed E-state index contributed by atoms with van der Waals surface area (Å²) in [5.74, 6) is -0.242. The summed E-state index contributed by atoms with van der Waals surface area (Å²) in [6, 6.07) is 24.0. The number of carbonyl (C=O) groups excluding carboxylic acids is 1. The largest absolute Gasteiger partial charge is 0.289 e. The van der Waals surface area contributed by atoms with Crippen LogP contribution in [0.15, 0.2) is 96.4 Å². The SMILES string of the molecule is C=Cc1c(C(=O)c2ccccc2)c2ccccc2n1S(=O)(=O)c1ccccc1. The molecule has 28 heavy (non-hydrogen) atoms. The van der Waals surface area contributed by atoms with Crippen LogP contribution in [0.1, 0.15) is 21.6 Å². The van der Waals surface area contributed by atoms with Gasteiger partial charge >= 0.3 is 0 Å². The van der Waals surface area contributed by atoms with Crippen LogP contribution in [-0.2, 0) is 10.0 Å². The third-order valence-corrected chi connectivity index (χ3v) is 6.35. The van der Waals surface area contributed by atoms with Gasteiger partial charge in [-0.15, -0.1) is 0 Å². The highest BCUT2D eigenvalue weighted by Gasteiger charge is 2.28. The fourth-order valence-electron chi connectivity index (χ4n) is 3.35. The van der Waals surface area contributed by atoms with Gasteiger partial charge in [-0.2, -0.15) is 0 Å². The lowest BCUT2D eigenvalue weighted by atomic mass is 10.0. The number of carbonyl (C=O) groups is 1. The Labute approximate surface area is 163 Å². The van der Waals surface area contributed by atoms with Gasteiger partial charge in [0, 0.05) is 10.9 Å². The van der Waals surface area contributed by atoms with Gasteiger partial charge < -0.3 is 0 Å². The molecule has 0 spiro atoms. The Bertz CT molecular complexity index is 1290. The van der Waals surface area contributed by atoms with Crippen LogP contribution in [0, 0.1) is 0 Å². The zero-order chi connectivity index (χ0) is 19.7. The van der Waals surface area contributed by atoms with E-state index in [1.54, 1.807) is 66.7 Å². The number of ketones is 1. The first kappa shape index (κ1) is 17.9. The molecule has 0 aliphatic carbocycles. The summed E-state index contributed by atoms with van der Waals surface area (Å²) in [7, 11) is -3.91. The van der Waals surface area contributed by atoms with Gasteiger partial charge in [0.05, 0.1) is 21.7 Å². The van der Waals surface area contributed by atoms with Crippen molar-refractivity contribution >= 4 is 32.8 Å². The van der Waals surface area contributed by atoms with Crippen molar-refractivity contribution in [1.29, 1.82) is 0 Å². The molecule has 0 N–H and O–H groups in total. The standard InChI is InChI=1S/C23H17NO3S/c1-2-20-22(23(25)17-11-5-3-6-12-17)19-15-9-10-16-21(19)24(20)28(26,27)18-13-7-4-8-14-18/h2-16H,1H2. The highest BCUT2D eigenvalue weighted by Crippen LogP contribution is 2.32. The summed E-state index contributed by atoms with van der Waals surface area (Å²) in [5, 5.41) is 0.575. The first-order valence-electron chi connectivity index (χ1n) is 8.72. The number of para-hydroxylation sites is 1. The van der Waals surface area contributed by atoms with Gasteiger partial charge in [0.2, 0.25) is 0 Å². The van der Waals surface area contributed by atoms with E-state index in [2.05, 4.69) is 6.58 Å². The molecular formula is C23H17NO3S. The fraction of sp³-hybridized carbons (Fsp3) is 0. The fourth-order valence-corrected chi connectivity index (χ4v) is 4.90. The summed E-state index contributed by atoms with van der Waals surface area (Å²) >= 11 is 0. The second-order valence-electron chi connectivity index (χ2n) is 6.26. The summed E-state index contributed by atoms with van der Waals surface area (Å²) in [6.07, 6.45) is 1.43. The van der Waals surface area contributed by atoms with Gasteiger partial charge in [-0.05, 0) is 24.3 Å². The van der Waals surface area contributed by atoms with Crippen molar-refractivity contribution in [1.82, 2.24) is 3.97 Å². The molecule has 138 valence electrons. The van der Waals surface area contributed by atoms with Crippen molar-refractivity contribution < 1.29 is 13.2 Å². The molecule has 4 rings (SSSR count). The predicted octanol–water partition coefficient (Wildman–Crippen LogP) is 4.75. The van der Waals surface area contributed by atoms with E-state index in [-0.39, 0.29) is 16.4 Å². The first-order chi connectivity index (χ1) is 13.6. The third kappa shape index (κ3) is 2.77. The lowest BCUT2D eigenvalue weighted by Crippen LogP contribution is -2.15. The van der Waals surface area contributed by atoms with Crippen LogP contribution in [0.4, 0.5) is 0 Å². The van der Waals surface area contributed by atoms with Crippen molar-refractivity contribution in [2.45, 2.75) is 4.90 Å². The van der Waals surface area contributed by atoms with Crippen LogP contribution in [0.2, 0.25) is 0 Å². The van der Waals surface area contributed by atoms with Gasteiger partial charge in [-0.25, -0.2) is 12.4 Å². The maximum Gasteiger partial charge on any atom is 0.268 e. The zero-order valence-corrected chi connectivity index (χ0v) is 15.8. The maximum atomic E-state index is 13.4. The third-order valence-electron chi connectivity index (χ3n) is 4.60. The molecular weight excluding hydrogens is 370 g/mol. The van der Waals surface area contributed by atoms with E-state index in [9.17, 15) is 13.2 Å². The van der Waals surface area contributed by atoms with Crippen LogP contribution < -0.4 is 0 Å². The highest BCUT2D eigenvalue weighted by atomic mass is 32.2. The molecule has 0 saturated heterocycles. The van der Waals surface area contributed by atoms with Crippen LogP contribution in [0.25, 0.3) is 17.0 Å². The Kier molecular flexibility index (Phi) is 4.45. The van der Waals surface area contributed by atoms with Gasteiger partial charge in [-0.1, -0.05) is 73.3 Å². The lowest BCUT2D eigenvalue weighted by Gasteiger charge is -2.10. The van der Waals surface area contributed by atoms with E-state index in [1.165, 1.54) is 22.2 Å². The Balaban J connectivity index is 2.07. The minimum Gasteiger partial charge on any atom is -0.289 e. The summed E-state index contributed by atoms with van der Waals surface area (Å²) < 4.78 is 28.0. The summed E-state index contributed by atoms with van der Waals surface area (Å²) in [6.45, 7) is 3.79. The molecule has 0 atom stereocenters. The molecule has 5 heteroatoms. The number of hydrogen-bond donors (Lipinski definition) is 0. The molecule has 0 bridgehead atoms. The van der Waals surface area contributed by atoms with Gasteiger partial charge in [0.15, 0.2) is 5.78 Å². The normalized spacial score (nSPS) is 11.4. The number of benzene rings is 3. The van der Waals surface area contributed by atoms with Gasteiger partial charge in [0.25, 0.3) is 10.0 Å². The number of nitrogens with zero attached hydrogens (tertiary/aromatic N) is 1. The van der Waals surface area contributed by atoms with Gasteiger partial charge in [-0.3, -0.25) is 4.79 Å². The molecule has 0 amide bonds. The molecule has 0 aliphatic rings. The molecule has 0 radical (unpaired) electrons. The molecule has 0 fully saturated rings. The van der Waals surface area contributed by atoms with E-state index < -0.39 is 10.0 Å². The average molecular weight is 387 g/mol. The molecule has 4 nitrogen and oxygen atoms in total. The number of rotatable bonds is 5. The molecule has 0 saturated carbocycles. The van der Waals surface area contributed by atoms with Crippen molar-refractivity contribution in [3.05, 3.63) is 108 Å². The van der Waals surface area contributed by atoms with E-state index in [0.29, 0.717) is 22.0 Å². The number of fused-ring (bicyclic) bond motifs is 1. The van der Waals surface area contributed by atoms with Crippen LogP contribution >= 0.6 is 0 Å². The quantitative estimate of drug-likeness (QED) is 0.464. The Morgan fingerprint density at radius 2 is 1.39 bits per heavy atom.